The predicted molar refractivity (Wildman–Crippen MR) is 79.7 cm³/mol. The Kier molecular flexibility index (Phi) is 4.58. The maximum atomic E-state index is 5.48. The smallest absolute Gasteiger partial charge is 0.119 e. The lowest BCUT2D eigenvalue weighted by Crippen LogP contribution is -2.17. The first-order chi connectivity index (χ1) is 9.24. The van der Waals surface area contributed by atoms with Gasteiger partial charge >= 0.3 is 0 Å². The van der Waals surface area contributed by atoms with Crippen molar-refractivity contribution in [2.45, 2.75) is 19.9 Å². The van der Waals surface area contributed by atoms with Crippen molar-refractivity contribution in [1.29, 1.82) is 0 Å². The largest absolute Gasteiger partial charge is 0.494 e. The summed E-state index contributed by atoms with van der Waals surface area (Å²) in [4.78, 5) is 0. The zero-order chi connectivity index (χ0) is 13.7. The third-order valence-electron chi connectivity index (χ3n) is 3.22. The summed E-state index contributed by atoms with van der Waals surface area (Å²) in [6.45, 7) is 4.80. The van der Waals surface area contributed by atoms with Crippen LogP contribution in [-0.2, 0) is 0 Å². The number of benzene rings is 2. The quantitative estimate of drug-likeness (QED) is 0.879. The molecule has 0 heterocycles. The lowest BCUT2D eigenvalue weighted by atomic mass is 9.98. The number of hydrogen-bond acceptors (Lipinski definition) is 2. The van der Waals surface area contributed by atoms with Crippen LogP contribution in [0.25, 0.3) is 0 Å². The van der Waals surface area contributed by atoms with Gasteiger partial charge < -0.3 is 10.1 Å². The van der Waals surface area contributed by atoms with Gasteiger partial charge in [-0.3, -0.25) is 0 Å². The second kappa shape index (κ2) is 6.39. The van der Waals surface area contributed by atoms with Crippen molar-refractivity contribution in [3.63, 3.8) is 0 Å². The SMILES string of the molecule is CCOc1ccc(C(NC)c2ccc(C)cc2)cc1. The van der Waals surface area contributed by atoms with E-state index in [1.54, 1.807) is 0 Å². The molecule has 0 aliphatic rings. The molecule has 0 aliphatic carbocycles. The van der Waals surface area contributed by atoms with Crippen LogP contribution in [0.15, 0.2) is 48.5 Å². The van der Waals surface area contributed by atoms with Crippen molar-refractivity contribution in [2.75, 3.05) is 13.7 Å². The molecule has 19 heavy (non-hydrogen) atoms. The zero-order valence-corrected chi connectivity index (χ0v) is 11.8. The number of rotatable bonds is 5. The number of aryl methyl sites for hydroxylation is 1. The molecular weight excluding hydrogens is 234 g/mol. The molecule has 2 aromatic rings. The highest BCUT2D eigenvalue weighted by atomic mass is 16.5. The van der Waals surface area contributed by atoms with E-state index in [1.165, 1.54) is 16.7 Å². The summed E-state index contributed by atoms with van der Waals surface area (Å²) in [5.74, 6) is 0.921. The predicted octanol–water partition coefficient (Wildman–Crippen LogP) is 3.70. The van der Waals surface area contributed by atoms with Gasteiger partial charge in [0, 0.05) is 0 Å². The van der Waals surface area contributed by atoms with Crippen LogP contribution in [0, 0.1) is 6.92 Å². The minimum Gasteiger partial charge on any atom is -0.494 e. The van der Waals surface area contributed by atoms with Gasteiger partial charge in [0.1, 0.15) is 5.75 Å². The van der Waals surface area contributed by atoms with Crippen LogP contribution < -0.4 is 10.1 Å². The average Bonchev–Trinajstić information content (AvgIpc) is 2.44. The van der Waals surface area contributed by atoms with Crippen molar-refractivity contribution in [3.8, 4) is 5.75 Å². The first-order valence-corrected chi connectivity index (χ1v) is 6.71. The molecule has 0 aliphatic heterocycles. The summed E-state index contributed by atoms with van der Waals surface area (Å²) in [6.07, 6.45) is 0. The van der Waals surface area contributed by atoms with Crippen LogP contribution in [-0.4, -0.2) is 13.7 Å². The first-order valence-electron chi connectivity index (χ1n) is 6.71. The van der Waals surface area contributed by atoms with E-state index in [-0.39, 0.29) is 6.04 Å². The average molecular weight is 255 g/mol. The number of nitrogens with one attached hydrogen (secondary N) is 1. The van der Waals surface area contributed by atoms with E-state index in [2.05, 4.69) is 48.6 Å². The fourth-order valence-corrected chi connectivity index (χ4v) is 2.21. The molecule has 1 atom stereocenters. The Labute approximate surface area is 115 Å². The third-order valence-corrected chi connectivity index (χ3v) is 3.22. The van der Waals surface area contributed by atoms with Crippen LogP contribution in [0.2, 0.25) is 0 Å². The van der Waals surface area contributed by atoms with Crippen molar-refractivity contribution in [3.05, 3.63) is 65.2 Å². The van der Waals surface area contributed by atoms with Crippen LogP contribution in [0.5, 0.6) is 5.75 Å². The van der Waals surface area contributed by atoms with Gasteiger partial charge in [-0.05, 0) is 44.2 Å². The minimum absolute atomic E-state index is 0.219. The van der Waals surface area contributed by atoms with Crippen molar-refractivity contribution in [1.82, 2.24) is 5.32 Å². The second-order valence-corrected chi connectivity index (χ2v) is 4.63. The van der Waals surface area contributed by atoms with Crippen molar-refractivity contribution in [2.24, 2.45) is 0 Å². The molecule has 0 bridgehead atoms. The fourth-order valence-electron chi connectivity index (χ4n) is 2.21. The molecular formula is C17H21NO. The molecule has 0 amide bonds. The number of ether oxygens (including phenoxy) is 1. The Hall–Kier alpha value is -1.80. The highest BCUT2D eigenvalue weighted by Gasteiger charge is 2.11. The zero-order valence-electron chi connectivity index (χ0n) is 11.8. The third kappa shape index (κ3) is 3.36. The van der Waals surface area contributed by atoms with E-state index < -0.39 is 0 Å². The Bertz CT molecular complexity index is 502. The Morgan fingerprint density at radius 1 is 0.947 bits per heavy atom. The first kappa shape index (κ1) is 13.6. The van der Waals surface area contributed by atoms with Crippen LogP contribution in [0.1, 0.15) is 29.7 Å². The standard InChI is InChI=1S/C17H21NO/c1-4-19-16-11-9-15(10-12-16)17(18-3)14-7-5-13(2)6-8-14/h5-12,17-18H,4H2,1-3H3. The van der Waals surface area contributed by atoms with E-state index in [1.807, 2.05) is 26.1 Å². The molecule has 2 aromatic carbocycles. The lowest BCUT2D eigenvalue weighted by molar-refractivity contribution is 0.340. The summed E-state index contributed by atoms with van der Waals surface area (Å²) >= 11 is 0. The fraction of sp³-hybridized carbons (Fsp3) is 0.294. The highest BCUT2D eigenvalue weighted by Crippen LogP contribution is 2.24. The molecule has 2 nitrogen and oxygen atoms in total. The summed E-state index contributed by atoms with van der Waals surface area (Å²) in [5.41, 5.74) is 3.80. The van der Waals surface area contributed by atoms with E-state index in [9.17, 15) is 0 Å². The monoisotopic (exact) mass is 255 g/mol. The van der Waals surface area contributed by atoms with E-state index in [0.29, 0.717) is 6.61 Å². The lowest BCUT2D eigenvalue weighted by Gasteiger charge is -2.18. The second-order valence-electron chi connectivity index (χ2n) is 4.63. The molecule has 0 saturated carbocycles. The van der Waals surface area contributed by atoms with E-state index in [4.69, 9.17) is 4.74 Å². The van der Waals surface area contributed by atoms with Gasteiger partial charge in [0.05, 0.1) is 12.6 Å². The van der Waals surface area contributed by atoms with Crippen molar-refractivity contribution < 1.29 is 4.74 Å². The van der Waals surface area contributed by atoms with Crippen LogP contribution in [0.4, 0.5) is 0 Å². The molecule has 0 saturated heterocycles. The van der Waals surface area contributed by atoms with Crippen LogP contribution >= 0.6 is 0 Å². The molecule has 0 fully saturated rings. The molecule has 2 heteroatoms. The van der Waals surface area contributed by atoms with Gasteiger partial charge in [-0.15, -0.1) is 0 Å². The number of hydrogen-bond donors (Lipinski definition) is 1. The molecule has 0 aromatic heterocycles. The highest BCUT2D eigenvalue weighted by molar-refractivity contribution is 5.36. The van der Waals surface area contributed by atoms with E-state index >= 15 is 0 Å². The maximum Gasteiger partial charge on any atom is 0.119 e. The summed E-state index contributed by atoms with van der Waals surface area (Å²) in [7, 11) is 1.99. The molecule has 1 unspecified atom stereocenters. The van der Waals surface area contributed by atoms with Gasteiger partial charge in [-0.25, -0.2) is 0 Å². The Morgan fingerprint density at radius 3 is 1.95 bits per heavy atom. The van der Waals surface area contributed by atoms with Gasteiger partial charge in [0.15, 0.2) is 0 Å². The van der Waals surface area contributed by atoms with Gasteiger partial charge in [0.25, 0.3) is 0 Å². The van der Waals surface area contributed by atoms with Crippen LogP contribution in [0.3, 0.4) is 0 Å². The Balaban J connectivity index is 2.23. The van der Waals surface area contributed by atoms with Gasteiger partial charge in [-0.2, -0.15) is 0 Å². The summed E-state index contributed by atoms with van der Waals surface area (Å²) in [5, 5.41) is 3.36. The molecule has 0 spiro atoms. The molecule has 2 rings (SSSR count). The molecule has 100 valence electrons. The topological polar surface area (TPSA) is 21.3 Å². The Morgan fingerprint density at radius 2 is 1.47 bits per heavy atom. The molecule has 0 radical (unpaired) electrons. The van der Waals surface area contributed by atoms with Gasteiger partial charge in [0.2, 0.25) is 0 Å². The van der Waals surface area contributed by atoms with E-state index in [0.717, 1.165) is 5.75 Å². The summed E-state index contributed by atoms with van der Waals surface area (Å²) in [6, 6.07) is 17.1. The summed E-state index contributed by atoms with van der Waals surface area (Å²) < 4.78 is 5.48. The normalized spacial score (nSPS) is 12.2. The van der Waals surface area contributed by atoms with Crippen molar-refractivity contribution >= 4 is 0 Å². The maximum absolute atomic E-state index is 5.48. The molecule has 1 N–H and O–H groups in total. The van der Waals surface area contributed by atoms with Gasteiger partial charge in [-0.1, -0.05) is 42.0 Å². The minimum atomic E-state index is 0.219.